The molecule has 0 radical (unpaired) electrons. The summed E-state index contributed by atoms with van der Waals surface area (Å²) in [5.41, 5.74) is 0.481. The number of hydrogen-bond donors (Lipinski definition) is 0. The molecule has 104 valence electrons. The van der Waals surface area contributed by atoms with Crippen LogP contribution in [0.4, 0.5) is 4.39 Å². The molecular weight excluding hydrogens is 271 g/mol. The van der Waals surface area contributed by atoms with Crippen molar-refractivity contribution in [2.45, 2.75) is 12.8 Å². The van der Waals surface area contributed by atoms with Gasteiger partial charge >= 0.3 is 5.97 Å². The molecule has 1 heterocycles. The van der Waals surface area contributed by atoms with Crippen molar-refractivity contribution in [2.75, 3.05) is 18.1 Å². The number of hydrogen-bond acceptors (Lipinski definition) is 4. The van der Waals surface area contributed by atoms with Gasteiger partial charge in [0, 0.05) is 6.42 Å². The van der Waals surface area contributed by atoms with Crippen LogP contribution in [0, 0.1) is 11.7 Å². The van der Waals surface area contributed by atoms with Gasteiger partial charge in [0.2, 0.25) is 0 Å². The van der Waals surface area contributed by atoms with Crippen LogP contribution in [0.2, 0.25) is 0 Å². The smallest absolute Gasteiger partial charge is 0.310 e. The molecule has 1 aliphatic heterocycles. The molecule has 0 aromatic heterocycles. The van der Waals surface area contributed by atoms with Crippen LogP contribution < -0.4 is 0 Å². The van der Waals surface area contributed by atoms with E-state index in [1.807, 2.05) is 0 Å². The lowest BCUT2D eigenvalue weighted by atomic mass is 10.1. The summed E-state index contributed by atoms with van der Waals surface area (Å²) < 4.78 is 40.8. The van der Waals surface area contributed by atoms with E-state index in [0.29, 0.717) is 12.0 Å². The Morgan fingerprint density at radius 2 is 2.11 bits per heavy atom. The molecule has 0 saturated carbocycles. The molecule has 0 N–H and O–H groups in total. The topological polar surface area (TPSA) is 60.4 Å². The number of benzene rings is 1. The number of carbonyl (C=O) groups is 1. The highest BCUT2D eigenvalue weighted by atomic mass is 32.2. The van der Waals surface area contributed by atoms with Crippen LogP contribution in [0.3, 0.4) is 0 Å². The molecule has 1 fully saturated rings. The first-order valence-corrected chi connectivity index (χ1v) is 7.90. The summed E-state index contributed by atoms with van der Waals surface area (Å²) >= 11 is 0. The third-order valence-electron chi connectivity index (χ3n) is 3.14. The Bertz CT molecular complexity index is 568. The predicted octanol–water partition coefficient (Wildman–Crippen LogP) is 1.35. The minimum Gasteiger partial charge on any atom is -0.465 e. The lowest BCUT2D eigenvalue weighted by Gasteiger charge is -2.09. The molecule has 1 aliphatic rings. The minimum atomic E-state index is -3.09. The first-order chi connectivity index (χ1) is 8.98. The van der Waals surface area contributed by atoms with Crippen molar-refractivity contribution < 1.29 is 22.3 Å². The van der Waals surface area contributed by atoms with Gasteiger partial charge in [0.05, 0.1) is 24.0 Å². The van der Waals surface area contributed by atoms with Crippen molar-refractivity contribution in [3.63, 3.8) is 0 Å². The summed E-state index contributed by atoms with van der Waals surface area (Å²) in [6.45, 7) is 0.0658. The van der Waals surface area contributed by atoms with Crippen LogP contribution in [0.1, 0.15) is 12.0 Å². The SMILES string of the molecule is O=C(OCCc1ccccc1F)[C@H]1CCS(=O)(=O)C1. The second-order valence-corrected chi connectivity index (χ2v) is 6.84. The lowest BCUT2D eigenvalue weighted by molar-refractivity contribution is -0.147. The zero-order valence-electron chi connectivity index (χ0n) is 10.3. The molecule has 4 nitrogen and oxygen atoms in total. The molecule has 0 spiro atoms. The van der Waals surface area contributed by atoms with E-state index in [0.717, 1.165) is 0 Å². The second kappa shape index (κ2) is 5.69. The number of carbonyl (C=O) groups excluding carboxylic acids is 1. The third kappa shape index (κ3) is 3.76. The molecule has 1 aromatic carbocycles. The summed E-state index contributed by atoms with van der Waals surface area (Å²) in [6, 6.07) is 6.28. The number of halogens is 1. The van der Waals surface area contributed by atoms with E-state index in [9.17, 15) is 17.6 Å². The van der Waals surface area contributed by atoms with Crippen LogP contribution in [0.15, 0.2) is 24.3 Å². The first-order valence-electron chi connectivity index (χ1n) is 6.08. The Morgan fingerprint density at radius 3 is 2.74 bits per heavy atom. The summed E-state index contributed by atoms with van der Waals surface area (Å²) in [5, 5.41) is 0. The Labute approximate surface area is 111 Å². The van der Waals surface area contributed by atoms with Crippen molar-refractivity contribution >= 4 is 15.8 Å². The van der Waals surface area contributed by atoms with Gasteiger partial charge in [0.1, 0.15) is 5.82 Å². The van der Waals surface area contributed by atoms with Crippen LogP contribution >= 0.6 is 0 Å². The number of sulfone groups is 1. The van der Waals surface area contributed by atoms with Crippen molar-refractivity contribution in [3.8, 4) is 0 Å². The molecule has 0 bridgehead atoms. The molecule has 6 heteroatoms. The molecule has 0 aliphatic carbocycles. The second-order valence-electron chi connectivity index (χ2n) is 4.61. The number of rotatable bonds is 4. The van der Waals surface area contributed by atoms with E-state index in [4.69, 9.17) is 4.74 Å². The number of esters is 1. The molecule has 0 amide bonds. The van der Waals surface area contributed by atoms with Crippen molar-refractivity contribution in [3.05, 3.63) is 35.6 Å². The number of ether oxygens (including phenoxy) is 1. The molecule has 1 saturated heterocycles. The van der Waals surface area contributed by atoms with Crippen LogP contribution in [-0.4, -0.2) is 32.5 Å². The van der Waals surface area contributed by atoms with Gasteiger partial charge in [-0.2, -0.15) is 0 Å². The van der Waals surface area contributed by atoms with E-state index < -0.39 is 21.7 Å². The van der Waals surface area contributed by atoms with E-state index in [1.165, 1.54) is 6.07 Å². The zero-order chi connectivity index (χ0) is 13.9. The predicted molar refractivity (Wildman–Crippen MR) is 67.8 cm³/mol. The lowest BCUT2D eigenvalue weighted by Crippen LogP contribution is -2.20. The van der Waals surface area contributed by atoms with Gasteiger partial charge < -0.3 is 4.74 Å². The fourth-order valence-corrected chi connectivity index (χ4v) is 3.79. The van der Waals surface area contributed by atoms with Gasteiger partial charge in [-0.15, -0.1) is 0 Å². The highest BCUT2D eigenvalue weighted by Crippen LogP contribution is 2.19. The molecule has 0 unspecified atom stereocenters. The van der Waals surface area contributed by atoms with Gasteiger partial charge in [0.25, 0.3) is 0 Å². The van der Waals surface area contributed by atoms with Crippen molar-refractivity contribution in [1.29, 1.82) is 0 Å². The fraction of sp³-hybridized carbons (Fsp3) is 0.462. The maximum atomic E-state index is 13.3. The van der Waals surface area contributed by atoms with Crippen LogP contribution in [-0.2, 0) is 25.8 Å². The summed E-state index contributed by atoms with van der Waals surface area (Å²) in [4.78, 5) is 11.6. The molecule has 2 rings (SSSR count). The molecule has 19 heavy (non-hydrogen) atoms. The Balaban J connectivity index is 1.80. The Hall–Kier alpha value is -1.43. The van der Waals surface area contributed by atoms with Gasteiger partial charge in [-0.25, -0.2) is 12.8 Å². The summed E-state index contributed by atoms with van der Waals surface area (Å²) in [7, 11) is -3.09. The zero-order valence-corrected chi connectivity index (χ0v) is 11.2. The molecule has 1 atom stereocenters. The van der Waals surface area contributed by atoms with Gasteiger partial charge in [-0.05, 0) is 18.1 Å². The van der Waals surface area contributed by atoms with E-state index in [-0.39, 0.29) is 30.4 Å². The third-order valence-corrected chi connectivity index (χ3v) is 4.91. The van der Waals surface area contributed by atoms with Crippen LogP contribution in [0.5, 0.6) is 0 Å². The van der Waals surface area contributed by atoms with E-state index in [2.05, 4.69) is 0 Å². The van der Waals surface area contributed by atoms with Crippen LogP contribution in [0.25, 0.3) is 0 Å². The Morgan fingerprint density at radius 1 is 1.37 bits per heavy atom. The largest absolute Gasteiger partial charge is 0.465 e. The minimum absolute atomic E-state index is 0.0417. The van der Waals surface area contributed by atoms with Crippen molar-refractivity contribution in [2.24, 2.45) is 5.92 Å². The summed E-state index contributed by atoms with van der Waals surface area (Å²) in [6.07, 6.45) is 0.610. The van der Waals surface area contributed by atoms with Crippen molar-refractivity contribution in [1.82, 2.24) is 0 Å². The highest BCUT2D eigenvalue weighted by Gasteiger charge is 2.33. The monoisotopic (exact) mass is 286 g/mol. The maximum absolute atomic E-state index is 13.3. The van der Waals surface area contributed by atoms with Gasteiger partial charge in [-0.3, -0.25) is 4.79 Å². The summed E-state index contributed by atoms with van der Waals surface area (Å²) in [5.74, 6) is -1.49. The average Bonchev–Trinajstić information content (AvgIpc) is 2.72. The van der Waals surface area contributed by atoms with Gasteiger partial charge in [-0.1, -0.05) is 18.2 Å². The quantitative estimate of drug-likeness (QED) is 0.784. The standard InChI is InChI=1S/C13H15FO4S/c14-12-4-2-1-3-10(12)5-7-18-13(15)11-6-8-19(16,17)9-11/h1-4,11H,5-9H2/t11-/m0/s1. The highest BCUT2D eigenvalue weighted by molar-refractivity contribution is 7.91. The van der Waals surface area contributed by atoms with Gasteiger partial charge in [0.15, 0.2) is 9.84 Å². The average molecular weight is 286 g/mol. The Kier molecular flexibility index (Phi) is 4.19. The normalized spacial score (nSPS) is 21.2. The van der Waals surface area contributed by atoms with E-state index in [1.54, 1.807) is 18.2 Å². The fourth-order valence-electron chi connectivity index (χ4n) is 2.06. The first kappa shape index (κ1) is 14.0. The van der Waals surface area contributed by atoms with E-state index >= 15 is 0 Å². The molecular formula is C13H15FO4S. The maximum Gasteiger partial charge on any atom is 0.310 e. The molecule has 1 aromatic rings.